The van der Waals surface area contributed by atoms with Crippen LogP contribution < -0.4 is 9.80 Å². The van der Waals surface area contributed by atoms with E-state index < -0.39 is 0 Å². The zero-order valence-corrected chi connectivity index (χ0v) is 30.6. The topological polar surface area (TPSA) is 24.6 Å². The van der Waals surface area contributed by atoms with Crippen LogP contribution in [0.1, 0.15) is 17.5 Å². The summed E-state index contributed by atoms with van der Waals surface area (Å²) in [6.07, 6.45) is 4.33. The molecule has 2 aliphatic rings. The summed E-state index contributed by atoms with van der Waals surface area (Å²) in [6.45, 7) is 0. The van der Waals surface area contributed by atoms with Crippen LogP contribution >= 0.6 is 0 Å². The molecule has 8 aromatic carbocycles. The van der Waals surface area contributed by atoms with Gasteiger partial charge in [0.05, 0.1) is 28.1 Å². The highest BCUT2D eigenvalue weighted by molar-refractivity contribution is 6.12. The zero-order valence-electron chi connectivity index (χ0n) is 30.6. The lowest BCUT2D eigenvalue weighted by Gasteiger charge is -2.40. The standard InChI is InChI=1S/C52H35N3O/c1-3-14-34(15-4-1)54-46-23-11-8-19-39(46)43-32-36(26-29-48(43)54)53(37-27-31-51-44(33-37)40-20-9-12-25-50(40)56-51)47-30-28-41-38-18-7-10-22-45(38)55(35-16-5-2-6-17-35)49-24-13-21-42(47)52(41)49/h1-12,14-20,22-33H,13,21H2. The number of hydrogen-bond acceptors (Lipinski definition) is 3. The molecule has 3 heterocycles. The lowest BCUT2D eigenvalue weighted by Crippen LogP contribution is -2.25. The Labute approximate surface area is 324 Å². The molecule has 0 atom stereocenters. The van der Waals surface area contributed by atoms with Crippen molar-refractivity contribution in [2.24, 2.45) is 0 Å². The van der Waals surface area contributed by atoms with E-state index in [0.29, 0.717) is 0 Å². The molecule has 4 heteroatoms. The average molecular weight is 718 g/mol. The van der Waals surface area contributed by atoms with Crippen molar-refractivity contribution in [3.05, 3.63) is 199 Å². The average Bonchev–Trinajstić information content (AvgIpc) is 3.80. The number of hydrogen-bond donors (Lipinski definition) is 0. The van der Waals surface area contributed by atoms with E-state index >= 15 is 0 Å². The van der Waals surface area contributed by atoms with Crippen molar-refractivity contribution < 1.29 is 4.42 Å². The first-order valence-electron chi connectivity index (χ1n) is 19.4. The predicted molar refractivity (Wildman–Crippen MR) is 233 cm³/mol. The predicted octanol–water partition coefficient (Wildman–Crippen LogP) is 14.3. The summed E-state index contributed by atoms with van der Waals surface area (Å²) in [5, 5.41) is 4.69. The van der Waals surface area contributed by atoms with E-state index in [1.165, 1.54) is 66.8 Å². The van der Waals surface area contributed by atoms with Gasteiger partial charge in [0.1, 0.15) is 11.2 Å². The fourth-order valence-corrected chi connectivity index (χ4v) is 9.39. The maximum Gasteiger partial charge on any atom is 0.135 e. The van der Waals surface area contributed by atoms with Crippen molar-refractivity contribution in [3.8, 4) is 16.8 Å². The quantitative estimate of drug-likeness (QED) is 0.177. The van der Waals surface area contributed by atoms with Gasteiger partial charge in [-0.15, -0.1) is 0 Å². The zero-order chi connectivity index (χ0) is 36.7. The molecular formula is C52H35N3O. The molecule has 0 saturated carbocycles. The molecular weight excluding hydrogens is 683 g/mol. The molecule has 10 aromatic rings. The minimum absolute atomic E-state index is 0.892. The van der Waals surface area contributed by atoms with Gasteiger partial charge in [0.15, 0.2) is 0 Å². The number of furan rings is 1. The van der Waals surface area contributed by atoms with E-state index in [4.69, 9.17) is 4.42 Å². The van der Waals surface area contributed by atoms with Crippen molar-refractivity contribution in [2.75, 3.05) is 9.80 Å². The number of benzene rings is 8. The summed E-state index contributed by atoms with van der Waals surface area (Å²) in [5.41, 5.74) is 17.6. The minimum Gasteiger partial charge on any atom is -0.456 e. The van der Waals surface area contributed by atoms with Crippen LogP contribution in [0.5, 0.6) is 0 Å². The normalized spacial score (nSPS) is 13.3. The first kappa shape index (κ1) is 31.1. The Balaban J connectivity index is 1.13. The third-order valence-corrected chi connectivity index (χ3v) is 11.8. The molecule has 0 fully saturated rings. The maximum atomic E-state index is 6.34. The fraction of sp³-hybridized carbons (Fsp3) is 0.0385. The number of nitrogens with zero attached hydrogens (tertiary/aromatic N) is 3. The molecule has 4 nitrogen and oxygen atoms in total. The van der Waals surface area contributed by atoms with Gasteiger partial charge in [0, 0.05) is 55.4 Å². The van der Waals surface area contributed by atoms with Gasteiger partial charge in [-0.25, -0.2) is 0 Å². The summed E-state index contributed by atoms with van der Waals surface area (Å²) >= 11 is 0. The maximum absolute atomic E-state index is 6.34. The Bertz CT molecular complexity index is 3210. The van der Waals surface area contributed by atoms with E-state index in [1.54, 1.807) is 0 Å². The van der Waals surface area contributed by atoms with E-state index in [1.807, 2.05) is 6.07 Å². The molecule has 0 spiro atoms. The summed E-state index contributed by atoms with van der Waals surface area (Å²) in [4.78, 5) is 4.95. The summed E-state index contributed by atoms with van der Waals surface area (Å²) < 4.78 is 8.73. The molecule has 56 heavy (non-hydrogen) atoms. The molecule has 0 bridgehead atoms. The third-order valence-electron chi connectivity index (χ3n) is 11.8. The van der Waals surface area contributed by atoms with Gasteiger partial charge < -0.3 is 18.8 Å². The van der Waals surface area contributed by atoms with Crippen LogP contribution in [0.4, 0.5) is 28.4 Å². The monoisotopic (exact) mass is 717 g/mol. The first-order valence-corrected chi connectivity index (χ1v) is 19.4. The first-order chi connectivity index (χ1) is 27.8. The SMILES string of the molecule is C1=C2c3c(ccc(N(c4ccc5oc6ccccc6c5c4)c4ccc5c(c4)c4ccccc4n5-c4ccccc4)c3CC1)-c1ccccc1N2c1ccccc1. The van der Waals surface area contributed by atoms with Crippen LogP contribution in [-0.2, 0) is 6.42 Å². The number of anilines is 5. The second-order valence-electron chi connectivity index (χ2n) is 14.8. The Morgan fingerprint density at radius 3 is 2.00 bits per heavy atom. The van der Waals surface area contributed by atoms with Gasteiger partial charge in [-0.3, -0.25) is 0 Å². The fourth-order valence-electron chi connectivity index (χ4n) is 9.39. The molecule has 12 rings (SSSR count). The molecule has 264 valence electrons. The minimum atomic E-state index is 0.892. The Hall–Kier alpha value is -7.30. The van der Waals surface area contributed by atoms with Crippen molar-refractivity contribution in [1.29, 1.82) is 0 Å². The summed E-state index contributed by atoms with van der Waals surface area (Å²) in [6, 6.07) is 65.9. The van der Waals surface area contributed by atoms with Crippen LogP contribution in [0.15, 0.2) is 192 Å². The van der Waals surface area contributed by atoms with Crippen LogP contribution in [0.2, 0.25) is 0 Å². The highest BCUT2D eigenvalue weighted by atomic mass is 16.3. The van der Waals surface area contributed by atoms with Crippen molar-refractivity contribution in [3.63, 3.8) is 0 Å². The van der Waals surface area contributed by atoms with E-state index in [-0.39, 0.29) is 0 Å². The van der Waals surface area contributed by atoms with Crippen molar-refractivity contribution >= 4 is 77.9 Å². The molecule has 0 N–H and O–H groups in total. The number of para-hydroxylation sites is 5. The van der Waals surface area contributed by atoms with E-state index in [9.17, 15) is 0 Å². The lowest BCUT2D eigenvalue weighted by atomic mass is 9.82. The molecule has 0 amide bonds. The van der Waals surface area contributed by atoms with Gasteiger partial charge in [-0.1, -0.05) is 103 Å². The van der Waals surface area contributed by atoms with E-state index in [0.717, 1.165) is 51.8 Å². The van der Waals surface area contributed by atoms with Gasteiger partial charge in [0.25, 0.3) is 0 Å². The second-order valence-corrected chi connectivity index (χ2v) is 14.8. The third kappa shape index (κ3) is 4.53. The van der Waals surface area contributed by atoms with Crippen LogP contribution in [0.25, 0.3) is 66.3 Å². The second kappa shape index (κ2) is 12.1. The number of rotatable bonds is 5. The van der Waals surface area contributed by atoms with Gasteiger partial charge in [-0.2, -0.15) is 0 Å². The molecule has 0 unspecified atom stereocenters. The molecule has 2 aromatic heterocycles. The molecule has 1 aliphatic carbocycles. The molecule has 0 radical (unpaired) electrons. The van der Waals surface area contributed by atoms with Crippen molar-refractivity contribution in [2.45, 2.75) is 12.8 Å². The number of fused-ring (bicyclic) bond motifs is 8. The highest BCUT2D eigenvalue weighted by Gasteiger charge is 2.33. The highest BCUT2D eigenvalue weighted by Crippen LogP contribution is 2.54. The lowest BCUT2D eigenvalue weighted by molar-refractivity contribution is 0.669. The largest absolute Gasteiger partial charge is 0.456 e. The van der Waals surface area contributed by atoms with Gasteiger partial charge >= 0.3 is 0 Å². The van der Waals surface area contributed by atoms with Crippen LogP contribution in [0, 0.1) is 0 Å². The molecule has 1 aliphatic heterocycles. The van der Waals surface area contributed by atoms with Crippen molar-refractivity contribution in [1.82, 2.24) is 4.57 Å². The van der Waals surface area contributed by atoms with Gasteiger partial charge in [-0.05, 0) is 109 Å². The Kier molecular flexibility index (Phi) is 6.72. The summed E-state index contributed by atoms with van der Waals surface area (Å²) in [7, 11) is 0. The number of aromatic nitrogens is 1. The number of allylic oxidation sites excluding steroid dienone is 1. The molecule has 0 saturated heterocycles. The Morgan fingerprint density at radius 1 is 0.482 bits per heavy atom. The van der Waals surface area contributed by atoms with Crippen LogP contribution in [-0.4, -0.2) is 4.57 Å². The van der Waals surface area contributed by atoms with Gasteiger partial charge in [0.2, 0.25) is 0 Å². The summed E-state index contributed by atoms with van der Waals surface area (Å²) in [5.74, 6) is 0. The smallest absolute Gasteiger partial charge is 0.135 e. The van der Waals surface area contributed by atoms with E-state index in [2.05, 4.69) is 196 Å². The van der Waals surface area contributed by atoms with Crippen LogP contribution in [0.3, 0.4) is 0 Å². The Morgan fingerprint density at radius 2 is 1.14 bits per heavy atom.